The number of hydrogen-bond acceptors (Lipinski definition) is 3. The predicted octanol–water partition coefficient (Wildman–Crippen LogP) is 2.53. The quantitative estimate of drug-likeness (QED) is 0.880. The molecule has 5 heteroatoms. The first-order valence-corrected chi connectivity index (χ1v) is 8.08. The molecule has 0 radical (unpaired) electrons. The minimum absolute atomic E-state index is 0.0974. The molecule has 24 heavy (non-hydrogen) atoms. The highest BCUT2D eigenvalue weighted by Gasteiger charge is 2.22. The number of hydrogen-bond donors (Lipinski definition) is 1. The molecule has 0 bridgehead atoms. The van der Waals surface area contributed by atoms with Crippen molar-refractivity contribution in [1.29, 1.82) is 0 Å². The maximum atomic E-state index is 12.5. The summed E-state index contributed by atoms with van der Waals surface area (Å²) in [7, 11) is 0. The number of nitrogens with one attached hydrogen (secondary N) is 1. The molecular formula is C19H21N3O2. The van der Waals surface area contributed by atoms with Gasteiger partial charge < -0.3 is 15.1 Å². The number of carbonyl (C=O) groups is 2. The van der Waals surface area contributed by atoms with Gasteiger partial charge in [0.15, 0.2) is 0 Å². The van der Waals surface area contributed by atoms with Crippen LogP contribution < -0.4 is 10.2 Å². The van der Waals surface area contributed by atoms with Crippen molar-refractivity contribution in [2.75, 3.05) is 36.4 Å². The third-order valence-electron chi connectivity index (χ3n) is 4.32. The fourth-order valence-electron chi connectivity index (χ4n) is 2.88. The summed E-state index contributed by atoms with van der Waals surface area (Å²) in [6, 6.07) is 15.5. The van der Waals surface area contributed by atoms with E-state index in [1.54, 1.807) is 0 Å². The number of rotatable bonds is 4. The van der Waals surface area contributed by atoms with Gasteiger partial charge in [-0.1, -0.05) is 17.7 Å². The molecule has 2 amide bonds. The number of carbonyl (C=O) groups excluding carboxylic acids is 2. The monoisotopic (exact) mass is 323 g/mol. The van der Waals surface area contributed by atoms with Gasteiger partial charge >= 0.3 is 0 Å². The van der Waals surface area contributed by atoms with Crippen molar-refractivity contribution < 1.29 is 9.59 Å². The van der Waals surface area contributed by atoms with E-state index in [1.165, 1.54) is 0 Å². The lowest BCUT2D eigenvalue weighted by Crippen LogP contribution is -2.48. The van der Waals surface area contributed by atoms with Crippen molar-refractivity contribution in [3.63, 3.8) is 0 Å². The molecule has 1 fully saturated rings. The molecule has 0 aliphatic carbocycles. The Morgan fingerprint density at radius 3 is 2.17 bits per heavy atom. The SMILES string of the molecule is Cc1ccc(C(=O)N2CCN(c3ccc(NC=O)cc3)CC2)cc1. The van der Waals surface area contributed by atoms with E-state index >= 15 is 0 Å². The van der Waals surface area contributed by atoms with Gasteiger partial charge in [-0.3, -0.25) is 9.59 Å². The Hall–Kier alpha value is -2.82. The highest BCUT2D eigenvalue weighted by Crippen LogP contribution is 2.20. The zero-order valence-corrected chi connectivity index (χ0v) is 13.7. The Labute approximate surface area is 141 Å². The van der Waals surface area contributed by atoms with E-state index in [0.29, 0.717) is 19.5 Å². The molecule has 0 atom stereocenters. The minimum Gasteiger partial charge on any atom is -0.368 e. The molecule has 3 rings (SSSR count). The minimum atomic E-state index is 0.0974. The van der Waals surface area contributed by atoms with E-state index in [9.17, 15) is 9.59 Å². The van der Waals surface area contributed by atoms with Crippen LogP contribution in [0.15, 0.2) is 48.5 Å². The molecule has 1 saturated heterocycles. The molecule has 0 unspecified atom stereocenters. The predicted molar refractivity (Wildman–Crippen MR) is 95.4 cm³/mol. The van der Waals surface area contributed by atoms with E-state index in [0.717, 1.165) is 35.6 Å². The summed E-state index contributed by atoms with van der Waals surface area (Å²) in [5, 5.41) is 2.63. The Kier molecular flexibility index (Phi) is 4.79. The van der Waals surface area contributed by atoms with E-state index in [4.69, 9.17) is 0 Å². The standard InChI is InChI=1S/C19H21N3O2/c1-15-2-4-16(5-3-15)19(24)22-12-10-21(11-13-22)18-8-6-17(7-9-18)20-14-23/h2-9,14H,10-13H2,1H3,(H,20,23). The number of piperazine rings is 1. The molecule has 1 aliphatic rings. The molecule has 2 aromatic rings. The first-order chi connectivity index (χ1) is 11.7. The molecule has 1 N–H and O–H groups in total. The van der Waals surface area contributed by atoms with Crippen molar-refractivity contribution in [2.24, 2.45) is 0 Å². The van der Waals surface area contributed by atoms with E-state index in [-0.39, 0.29) is 5.91 Å². The number of amides is 2. The van der Waals surface area contributed by atoms with Gasteiger partial charge in [-0.15, -0.1) is 0 Å². The lowest BCUT2D eigenvalue weighted by atomic mass is 10.1. The van der Waals surface area contributed by atoms with E-state index < -0.39 is 0 Å². The second-order valence-corrected chi connectivity index (χ2v) is 5.95. The van der Waals surface area contributed by atoms with E-state index in [2.05, 4.69) is 10.2 Å². The third-order valence-corrected chi connectivity index (χ3v) is 4.32. The molecule has 0 saturated carbocycles. The van der Waals surface area contributed by atoms with Gasteiger partial charge in [-0.05, 0) is 43.3 Å². The average molecular weight is 323 g/mol. The lowest BCUT2D eigenvalue weighted by Gasteiger charge is -2.36. The lowest BCUT2D eigenvalue weighted by molar-refractivity contribution is -0.105. The summed E-state index contributed by atoms with van der Waals surface area (Å²) < 4.78 is 0. The fourth-order valence-corrected chi connectivity index (χ4v) is 2.88. The summed E-state index contributed by atoms with van der Waals surface area (Å²) in [4.78, 5) is 27.1. The smallest absolute Gasteiger partial charge is 0.253 e. The van der Waals surface area contributed by atoms with Crippen LogP contribution in [-0.4, -0.2) is 43.4 Å². The normalized spacial score (nSPS) is 14.4. The van der Waals surface area contributed by atoms with Crippen LogP contribution in [-0.2, 0) is 4.79 Å². The Balaban J connectivity index is 1.59. The van der Waals surface area contributed by atoms with Gasteiger partial charge in [0.05, 0.1) is 0 Å². The van der Waals surface area contributed by atoms with Crippen LogP contribution >= 0.6 is 0 Å². The Bertz CT molecular complexity index is 702. The van der Waals surface area contributed by atoms with Gasteiger partial charge in [0.1, 0.15) is 0 Å². The zero-order chi connectivity index (χ0) is 16.9. The maximum absolute atomic E-state index is 12.5. The van der Waals surface area contributed by atoms with Crippen LogP contribution in [0.5, 0.6) is 0 Å². The highest BCUT2D eigenvalue weighted by molar-refractivity contribution is 5.94. The fraction of sp³-hybridized carbons (Fsp3) is 0.263. The number of benzene rings is 2. The molecule has 0 spiro atoms. The summed E-state index contributed by atoms with van der Waals surface area (Å²) in [5.74, 6) is 0.0974. The van der Waals surface area contributed by atoms with Gasteiger partial charge in [0.2, 0.25) is 6.41 Å². The summed E-state index contributed by atoms with van der Waals surface area (Å²) in [5.41, 5.74) is 3.79. The molecule has 1 heterocycles. The van der Waals surface area contributed by atoms with E-state index in [1.807, 2.05) is 60.4 Å². The number of aryl methyl sites for hydroxylation is 1. The summed E-state index contributed by atoms with van der Waals surface area (Å²) >= 11 is 0. The molecule has 1 aliphatic heterocycles. The summed E-state index contributed by atoms with van der Waals surface area (Å²) in [6.45, 7) is 5.04. The van der Waals surface area contributed by atoms with Crippen LogP contribution in [0.2, 0.25) is 0 Å². The van der Waals surface area contributed by atoms with Crippen LogP contribution in [0.25, 0.3) is 0 Å². The third kappa shape index (κ3) is 3.56. The molecule has 2 aromatic carbocycles. The van der Waals surface area contributed by atoms with Crippen molar-refractivity contribution >= 4 is 23.7 Å². The average Bonchev–Trinajstić information content (AvgIpc) is 2.63. The first kappa shape index (κ1) is 16.1. The van der Waals surface area contributed by atoms with Crippen molar-refractivity contribution in [2.45, 2.75) is 6.92 Å². The number of nitrogens with zero attached hydrogens (tertiary/aromatic N) is 2. The second kappa shape index (κ2) is 7.17. The Morgan fingerprint density at radius 1 is 0.958 bits per heavy atom. The molecular weight excluding hydrogens is 302 g/mol. The zero-order valence-electron chi connectivity index (χ0n) is 13.7. The van der Waals surface area contributed by atoms with Gasteiger partial charge in [0, 0.05) is 43.1 Å². The second-order valence-electron chi connectivity index (χ2n) is 5.95. The van der Waals surface area contributed by atoms with Gasteiger partial charge in [-0.2, -0.15) is 0 Å². The number of anilines is 2. The van der Waals surface area contributed by atoms with Crippen LogP contribution in [0.1, 0.15) is 15.9 Å². The Morgan fingerprint density at radius 2 is 1.58 bits per heavy atom. The summed E-state index contributed by atoms with van der Waals surface area (Å²) in [6.07, 6.45) is 0.671. The van der Waals surface area contributed by atoms with Crippen LogP contribution in [0, 0.1) is 6.92 Å². The van der Waals surface area contributed by atoms with Crippen molar-refractivity contribution in [3.05, 3.63) is 59.7 Å². The topological polar surface area (TPSA) is 52.7 Å². The highest BCUT2D eigenvalue weighted by atomic mass is 16.2. The van der Waals surface area contributed by atoms with Gasteiger partial charge in [0.25, 0.3) is 5.91 Å². The van der Waals surface area contributed by atoms with Crippen LogP contribution in [0.3, 0.4) is 0 Å². The largest absolute Gasteiger partial charge is 0.368 e. The van der Waals surface area contributed by atoms with Crippen molar-refractivity contribution in [3.8, 4) is 0 Å². The molecule has 124 valence electrons. The first-order valence-electron chi connectivity index (χ1n) is 8.08. The van der Waals surface area contributed by atoms with Gasteiger partial charge in [-0.25, -0.2) is 0 Å². The van der Waals surface area contributed by atoms with Crippen LogP contribution in [0.4, 0.5) is 11.4 Å². The maximum Gasteiger partial charge on any atom is 0.253 e. The molecule has 0 aromatic heterocycles. The van der Waals surface area contributed by atoms with Crippen molar-refractivity contribution in [1.82, 2.24) is 4.90 Å². The molecule has 5 nitrogen and oxygen atoms in total.